The van der Waals surface area contributed by atoms with E-state index < -0.39 is 10.0 Å². The highest BCUT2D eigenvalue weighted by atomic mass is 35.5. The van der Waals surface area contributed by atoms with Crippen molar-refractivity contribution in [1.29, 1.82) is 0 Å². The van der Waals surface area contributed by atoms with Crippen molar-refractivity contribution in [3.05, 3.63) is 23.2 Å². The van der Waals surface area contributed by atoms with E-state index in [1.54, 1.807) is 24.0 Å². The maximum atomic E-state index is 11.1. The summed E-state index contributed by atoms with van der Waals surface area (Å²) in [4.78, 5) is 1.56. The van der Waals surface area contributed by atoms with Crippen LogP contribution in [0.3, 0.4) is 0 Å². The molecule has 0 atom stereocenters. The Morgan fingerprint density at radius 2 is 1.93 bits per heavy atom. The average molecular weight is 416 g/mol. The number of tetrazole rings is 1. The molecular weight excluding hydrogens is 390 g/mol. The van der Waals surface area contributed by atoms with E-state index in [0.29, 0.717) is 16.6 Å². The molecule has 0 spiro atoms. The van der Waals surface area contributed by atoms with E-state index in [1.807, 2.05) is 33.8 Å². The first-order chi connectivity index (χ1) is 12.6. The first-order valence-electron chi connectivity index (χ1n) is 8.78. The van der Waals surface area contributed by atoms with Crippen LogP contribution in [-0.2, 0) is 10.0 Å². The van der Waals surface area contributed by atoms with Crippen LogP contribution in [0, 0.1) is 0 Å². The lowest BCUT2D eigenvalue weighted by atomic mass is 10.2. The van der Waals surface area contributed by atoms with E-state index in [2.05, 4.69) is 20.1 Å². The lowest BCUT2D eigenvalue weighted by Crippen LogP contribution is -2.32. The van der Waals surface area contributed by atoms with Crippen molar-refractivity contribution in [2.45, 2.75) is 57.9 Å². The molecule has 1 aliphatic carbocycles. The molecule has 0 saturated heterocycles. The Morgan fingerprint density at radius 1 is 1.26 bits per heavy atom. The normalized spacial score (nSPS) is 14.2. The highest BCUT2D eigenvalue weighted by Crippen LogP contribution is 2.28. The number of benzene rings is 1. The van der Waals surface area contributed by atoms with Gasteiger partial charge in [-0.25, -0.2) is 13.1 Å². The molecular formula is C17H26ClN5O3S. The van der Waals surface area contributed by atoms with E-state index in [4.69, 9.17) is 16.3 Å². The van der Waals surface area contributed by atoms with Crippen LogP contribution in [-0.4, -0.2) is 47.0 Å². The summed E-state index contributed by atoms with van der Waals surface area (Å²) >= 11 is 6.04. The van der Waals surface area contributed by atoms with Crippen molar-refractivity contribution in [2.24, 2.45) is 0 Å². The average Bonchev–Trinajstić information content (AvgIpc) is 3.32. The van der Waals surface area contributed by atoms with E-state index >= 15 is 0 Å². The van der Waals surface area contributed by atoms with Crippen molar-refractivity contribution in [3.63, 3.8) is 0 Å². The van der Waals surface area contributed by atoms with E-state index in [1.165, 1.54) is 0 Å². The largest absolute Gasteiger partial charge is 0.495 e. The van der Waals surface area contributed by atoms with Crippen LogP contribution in [0.25, 0.3) is 11.4 Å². The summed E-state index contributed by atoms with van der Waals surface area (Å²) in [6.07, 6.45) is 1.67. The van der Waals surface area contributed by atoms with Crippen LogP contribution in [0.1, 0.15) is 46.6 Å². The summed E-state index contributed by atoms with van der Waals surface area (Å²) in [6, 6.07) is 5.62. The number of hydrogen-bond acceptors (Lipinski definition) is 6. The first kappa shape index (κ1) is 21.6. The minimum absolute atomic E-state index is 0.0330. The molecule has 2 aromatic rings. The molecule has 0 amide bonds. The number of hydrogen-bond donors (Lipinski definition) is 1. The van der Waals surface area contributed by atoms with Crippen molar-refractivity contribution in [3.8, 4) is 17.1 Å². The molecule has 8 nitrogen and oxygen atoms in total. The second-order valence-electron chi connectivity index (χ2n) is 6.89. The van der Waals surface area contributed by atoms with Gasteiger partial charge in [-0.15, -0.1) is 10.2 Å². The second kappa shape index (κ2) is 8.99. The second-order valence-corrected chi connectivity index (χ2v) is 9.29. The lowest BCUT2D eigenvalue weighted by molar-refractivity contribution is 0.415. The number of halogens is 1. The van der Waals surface area contributed by atoms with Crippen molar-refractivity contribution >= 4 is 21.6 Å². The fourth-order valence-corrected chi connectivity index (χ4v) is 4.03. The van der Waals surface area contributed by atoms with Crippen LogP contribution in [0.2, 0.25) is 5.02 Å². The fourth-order valence-electron chi connectivity index (χ4n) is 2.17. The molecule has 0 aliphatic heterocycles. The van der Waals surface area contributed by atoms with E-state index in [-0.39, 0.29) is 17.3 Å². The molecule has 27 heavy (non-hydrogen) atoms. The van der Waals surface area contributed by atoms with Crippen LogP contribution >= 0.6 is 11.6 Å². The Morgan fingerprint density at radius 3 is 2.37 bits per heavy atom. The van der Waals surface area contributed by atoms with Crippen LogP contribution in [0.4, 0.5) is 0 Å². The van der Waals surface area contributed by atoms with Crippen molar-refractivity contribution < 1.29 is 13.2 Å². The Bertz CT molecular complexity index is 863. The number of nitrogens with zero attached hydrogens (tertiary/aromatic N) is 4. The molecule has 0 radical (unpaired) electrons. The number of aromatic nitrogens is 4. The highest BCUT2D eigenvalue weighted by molar-refractivity contribution is 7.90. The van der Waals surface area contributed by atoms with Crippen molar-refractivity contribution in [1.82, 2.24) is 24.9 Å². The van der Waals surface area contributed by atoms with Gasteiger partial charge in [-0.2, -0.15) is 4.80 Å². The summed E-state index contributed by atoms with van der Waals surface area (Å²) in [7, 11) is -1.36. The van der Waals surface area contributed by atoms with Crippen LogP contribution in [0.5, 0.6) is 5.75 Å². The van der Waals surface area contributed by atoms with Gasteiger partial charge in [-0.05, 0) is 63.9 Å². The standard InChI is InChI=1S/C11H13ClN4O.C6H13NO2S/c1-7(2)16-14-11(13-15-16)8-4-5-10(17-3)9(12)6-8;1-5(2)7-10(8,9)6-3-4-6/h4-7H,1-3H3;5-7H,3-4H2,1-2H3. The number of ether oxygens (including phenoxy) is 1. The van der Waals surface area contributed by atoms with Crippen molar-refractivity contribution in [2.75, 3.05) is 7.11 Å². The molecule has 10 heteroatoms. The third kappa shape index (κ3) is 6.15. The Hall–Kier alpha value is -1.71. The minimum Gasteiger partial charge on any atom is -0.495 e. The molecule has 1 aliphatic rings. The molecule has 3 rings (SSSR count). The van der Waals surface area contributed by atoms with Gasteiger partial charge in [0.25, 0.3) is 0 Å². The molecule has 1 aromatic carbocycles. The molecule has 1 aromatic heterocycles. The predicted molar refractivity (Wildman–Crippen MR) is 105 cm³/mol. The number of sulfonamides is 1. The third-order valence-electron chi connectivity index (χ3n) is 3.66. The third-order valence-corrected chi connectivity index (χ3v) is 6.11. The number of methoxy groups -OCH3 is 1. The van der Waals surface area contributed by atoms with Crippen LogP contribution in [0.15, 0.2) is 18.2 Å². The smallest absolute Gasteiger partial charge is 0.214 e. The Kier molecular flexibility index (Phi) is 7.19. The summed E-state index contributed by atoms with van der Waals surface area (Å²) < 4.78 is 29.8. The highest BCUT2D eigenvalue weighted by Gasteiger charge is 2.35. The maximum absolute atomic E-state index is 11.1. The summed E-state index contributed by atoms with van der Waals surface area (Å²) in [5.41, 5.74) is 0.822. The quantitative estimate of drug-likeness (QED) is 0.778. The minimum atomic E-state index is -2.94. The zero-order valence-electron chi connectivity index (χ0n) is 16.2. The Labute approximate surface area is 165 Å². The van der Waals surface area contributed by atoms with Gasteiger partial charge in [-0.1, -0.05) is 11.6 Å². The van der Waals surface area contributed by atoms with Gasteiger partial charge < -0.3 is 4.74 Å². The van der Waals surface area contributed by atoms with Gasteiger partial charge in [0, 0.05) is 11.6 Å². The van der Waals surface area contributed by atoms with Gasteiger partial charge in [0.2, 0.25) is 15.8 Å². The van der Waals surface area contributed by atoms with E-state index in [9.17, 15) is 8.42 Å². The Balaban J connectivity index is 0.000000223. The lowest BCUT2D eigenvalue weighted by Gasteiger charge is -2.07. The monoisotopic (exact) mass is 415 g/mol. The number of rotatable bonds is 6. The maximum Gasteiger partial charge on any atom is 0.214 e. The summed E-state index contributed by atoms with van der Waals surface area (Å²) in [5, 5.41) is 12.7. The van der Waals surface area contributed by atoms with E-state index in [0.717, 1.165) is 18.4 Å². The topological polar surface area (TPSA) is 99.0 Å². The summed E-state index contributed by atoms with van der Waals surface area (Å²) in [6.45, 7) is 7.65. The first-order valence-corrected chi connectivity index (χ1v) is 10.7. The van der Waals surface area contributed by atoms with Gasteiger partial charge >= 0.3 is 0 Å². The SMILES string of the molecule is CC(C)NS(=O)(=O)C1CC1.COc1ccc(-c2nnn(C(C)C)n2)cc1Cl. The molecule has 1 heterocycles. The van der Waals surface area contributed by atoms with Gasteiger partial charge in [0.1, 0.15) is 5.75 Å². The van der Waals surface area contributed by atoms with Gasteiger partial charge in [-0.3, -0.25) is 0 Å². The summed E-state index contributed by atoms with van der Waals surface area (Å²) in [5.74, 6) is 1.19. The molecule has 0 unspecified atom stereocenters. The van der Waals surface area contributed by atoms with Gasteiger partial charge in [0.15, 0.2) is 0 Å². The molecule has 0 bridgehead atoms. The number of nitrogens with one attached hydrogen (secondary N) is 1. The zero-order chi connectivity index (χ0) is 20.2. The fraction of sp³-hybridized carbons (Fsp3) is 0.588. The van der Waals surface area contributed by atoms with Crippen LogP contribution < -0.4 is 9.46 Å². The molecule has 1 saturated carbocycles. The molecule has 1 N–H and O–H groups in total. The molecule has 1 fully saturated rings. The predicted octanol–water partition coefficient (Wildman–Crippen LogP) is 3.06. The zero-order valence-corrected chi connectivity index (χ0v) is 17.8. The van der Waals surface area contributed by atoms with Gasteiger partial charge in [0.05, 0.1) is 23.4 Å². The molecule has 150 valence electrons.